The quantitative estimate of drug-likeness (QED) is 0.434. The Kier molecular flexibility index (Phi) is 3.04. The van der Waals surface area contributed by atoms with Crippen molar-refractivity contribution in [3.8, 4) is 5.75 Å². The molecule has 15 heavy (non-hydrogen) atoms. The smallest absolute Gasteiger partial charge is 0.321 e. The number of nitrogens with zero attached hydrogens (tertiary/aromatic N) is 1. The summed E-state index contributed by atoms with van der Waals surface area (Å²) in [5.74, 6) is -0.201. The maximum Gasteiger partial charge on any atom is 0.321 e. The first-order valence-corrected chi connectivity index (χ1v) is 4.32. The van der Waals surface area contributed by atoms with Crippen molar-refractivity contribution in [1.29, 1.82) is 0 Å². The van der Waals surface area contributed by atoms with E-state index in [1.165, 1.54) is 20.1 Å². The molecule has 0 radical (unpaired) electrons. The standard InChI is InChI=1S/C10H11NO4/c1-6-4-5-8(7(2)12)9(11(13)14)10(6)15-3/h4-5H,1-3H3. The molecule has 0 aliphatic heterocycles. The van der Waals surface area contributed by atoms with E-state index in [-0.39, 0.29) is 22.8 Å². The van der Waals surface area contributed by atoms with Crippen molar-refractivity contribution in [3.05, 3.63) is 33.4 Å². The van der Waals surface area contributed by atoms with Crippen molar-refractivity contribution < 1.29 is 14.5 Å². The monoisotopic (exact) mass is 209 g/mol. The number of benzene rings is 1. The van der Waals surface area contributed by atoms with E-state index in [9.17, 15) is 14.9 Å². The van der Waals surface area contributed by atoms with Crippen molar-refractivity contribution in [3.63, 3.8) is 0 Å². The lowest BCUT2D eigenvalue weighted by Gasteiger charge is -2.07. The molecule has 0 atom stereocenters. The SMILES string of the molecule is COc1c(C)ccc(C(C)=O)c1[N+](=O)[O-]. The minimum atomic E-state index is -0.595. The van der Waals surface area contributed by atoms with Gasteiger partial charge >= 0.3 is 5.69 Å². The Balaban J connectivity index is 3.56. The predicted molar refractivity (Wildman–Crippen MR) is 54.4 cm³/mol. The van der Waals surface area contributed by atoms with Crippen LogP contribution in [0.2, 0.25) is 0 Å². The van der Waals surface area contributed by atoms with E-state index in [1.807, 2.05) is 0 Å². The second-order valence-electron chi connectivity index (χ2n) is 3.13. The van der Waals surface area contributed by atoms with Crippen LogP contribution in [0.15, 0.2) is 12.1 Å². The molecule has 1 aromatic carbocycles. The number of aryl methyl sites for hydroxylation is 1. The molecule has 1 rings (SSSR count). The van der Waals surface area contributed by atoms with E-state index in [4.69, 9.17) is 4.74 Å². The van der Waals surface area contributed by atoms with Gasteiger partial charge in [0.15, 0.2) is 5.78 Å². The van der Waals surface area contributed by atoms with Gasteiger partial charge in [0.05, 0.1) is 17.6 Å². The summed E-state index contributed by atoms with van der Waals surface area (Å²) < 4.78 is 4.93. The van der Waals surface area contributed by atoms with Crippen molar-refractivity contribution in [2.24, 2.45) is 0 Å². The lowest BCUT2D eigenvalue weighted by Crippen LogP contribution is -2.03. The number of hydrogen-bond donors (Lipinski definition) is 0. The lowest BCUT2D eigenvalue weighted by molar-refractivity contribution is -0.386. The minimum Gasteiger partial charge on any atom is -0.490 e. The molecule has 0 N–H and O–H groups in total. The predicted octanol–water partition coefficient (Wildman–Crippen LogP) is 2.11. The molecule has 0 aliphatic rings. The van der Waals surface area contributed by atoms with Gasteiger partial charge in [-0.1, -0.05) is 6.07 Å². The number of hydrogen-bond acceptors (Lipinski definition) is 4. The lowest BCUT2D eigenvalue weighted by atomic mass is 10.1. The number of nitro benzene ring substituents is 1. The molecule has 80 valence electrons. The van der Waals surface area contributed by atoms with Gasteiger partial charge in [-0.3, -0.25) is 14.9 Å². The summed E-state index contributed by atoms with van der Waals surface area (Å²) in [5.41, 5.74) is 0.446. The number of carbonyl (C=O) groups excluding carboxylic acids is 1. The zero-order valence-electron chi connectivity index (χ0n) is 8.73. The maximum atomic E-state index is 11.2. The molecule has 0 fully saturated rings. The highest BCUT2D eigenvalue weighted by Crippen LogP contribution is 2.34. The summed E-state index contributed by atoms with van der Waals surface area (Å²) in [6.45, 7) is 2.98. The van der Waals surface area contributed by atoms with Crippen LogP contribution < -0.4 is 4.74 Å². The van der Waals surface area contributed by atoms with E-state index in [0.717, 1.165) is 0 Å². The molecule has 0 aliphatic carbocycles. The fraction of sp³-hybridized carbons (Fsp3) is 0.300. The second-order valence-corrected chi connectivity index (χ2v) is 3.13. The summed E-state index contributed by atoms with van der Waals surface area (Å²) in [4.78, 5) is 21.4. The number of rotatable bonds is 3. The summed E-state index contributed by atoms with van der Waals surface area (Å²) in [6.07, 6.45) is 0. The summed E-state index contributed by atoms with van der Waals surface area (Å²) in [5, 5.41) is 10.8. The van der Waals surface area contributed by atoms with Crippen LogP contribution in [-0.2, 0) is 0 Å². The van der Waals surface area contributed by atoms with Crippen LogP contribution in [0.5, 0.6) is 5.75 Å². The van der Waals surface area contributed by atoms with Crippen molar-refractivity contribution in [1.82, 2.24) is 0 Å². The molecule has 0 bridgehead atoms. The molecule has 1 aromatic rings. The highest BCUT2D eigenvalue weighted by atomic mass is 16.6. The zero-order valence-corrected chi connectivity index (χ0v) is 8.73. The minimum absolute atomic E-state index is 0.0717. The molecule has 0 amide bonds. The average molecular weight is 209 g/mol. The number of methoxy groups -OCH3 is 1. The largest absolute Gasteiger partial charge is 0.490 e. The number of ketones is 1. The Morgan fingerprint density at radius 3 is 2.47 bits per heavy atom. The molecule has 0 saturated heterocycles. The number of Topliss-reactive ketones (excluding diaryl/α,β-unsaturated/α-hetero) is 1. The Hall–Kier alpha value is -1.91. The van der Waals surface area contributed by atoms with E-state index < -0.39 is 4.92 Å². The second kappa shape index (κ2) is 4.08. The summed E-state index contributed by atoms with van der Waals surface area (Å²) in [7, 11) is 1.35. The molecule has 0 unspecified atom stereocenters. The van der Waals surface area contributed by atoms with Gasteiger partial charge in [0.2, 0.25) is 5.75 Å². The topological polar surface area (TPSA) is 69.4 Å². The van der Waals surface area contributed by atoms with Gasteiger partial charge in [-0.2, -0.15) is 0 Å². The molecular formula is C10H11NO4. The first kappa shape index (κ1) is 11.2. The van der Waals surface area contributed by atoms with Gasteiger partial charge in [0.1, 0.15) is 0 Å². The van der Waals surface area contributed by atoms with Gasteiger partial charge in [-0.25, -0.2) is 0 Å². The highest BCUT2D eigenvalue weighted by molar-refractivity contribution is 5.99. The molecule has 0 spiro atoms. The first-order chi connectivity index (χ1) is 6.99. The number of ether oxygens (including phenoxy) is 1. The van der Waals surface area contributed by atoms with Gasteiger partial charge < -0.3 is 4.74 Å². The van der Waals surface area contributed by atoms with Gasteiger partial charge in [-0.15, -0.1) is 0 Å². The first-order valence-electron chi connectivity index (χ1n) is 4.32. The molecule has 0 saturated carbocycles. The van der Waals surface area contributed by atoms with Crippen molar-refractivity contribution in [2.45, 2.75) is 13.8 Å². The third-order valence-electron chi connectivity index (χ3n) is 2.09. The van der Waals surface area contributed by atoms with Crippen LogP contribution in [-0.4, -0.2) is 17.8 Å². The van der Waals surface area contributed by atoms with E-state index in [1.54, 1.807) is 13.0 Å². The molecular weight excluding hydrogens is 198 g/mol. The van der Waals surface area contributed by atoms with Crippen LogP contribution in [0, 0.1) is 17.0 Å². The van der Waals surface area contributed by atoms with Crippen LogP contribution in [0.1, 0.15) is 22.8 Å². The number of carbonyl (C=O) groups is 1. The Morgan fingerprint density at radius 1 is 1.47 bits per heavy atom. The van der Waals surface area contributed by atoms with E-state index in [0.29, 0.717) is 5.56 Å². The molecule has 5 nitrogen and oxygen atoms in total. The average Bonchev–Trinajstić information content (AvgIpc) is 2.16. The fourth-order valence-electron chi connectivity index (χ4n) is 1.40. The van der Waals surface area contributed by atoms with Gasteiger partial charge in [0, 0.05) is 0 Å². The summed E-state index contributed by atoms with van der Waals surface area (Å²) in [6, 6.07) is 3.07. The van der Waals surface area contributed by atoms with Crippen LogP contribution >= 0.6 is 0 Å². The highest BCUT2D eigenvalue weighted by Gasteiger charge is 2.24. The third kappa shape index (κ3) is 1.96. The Labute approximate surface area is 86.8 Å². The Morgan fingerprint density at radius 2 is 2.07 bits per heavy atom. The summed E-state index contributed by atoms with van der Waals surface area (Å²) >= 11 is 0. The molecule has 5 heteroatoms. The third-order valence-corrected chi connectivity index (χ3v) is 2.09. The van der Waals surface area contributed by atoms with Crippen LogP contribution in [0.3, 0.4) is 0 Å². The van der Waals surface area contributed by atoms with Crippen molar-refractivity contribution in [2.75, 3.05) is 7.11 Å². The molecule has 0 heterocycles. The zero-order chi connectivity index (χ0) is 11.6. The van der Waals surface area contributed by atoms with E-state index in [2.05, 4.69) is 0 Å². The van der Waals surface area contributed by atoms with E-state index >= 15 is 0 Å². The van der Waals surface area contributed by atoms with Gasteiger partial charge in [0.25, 0.3) is 0 Å². The Bertz CT molecular complexity index is 426. The molecule has 0 aromatic heterocycles. The van der Waals surface area contributed by atoms with Crippen molar-refractivity contribution >= 4 is 11.5 Å². The normalized spacial score (nSPS) is 9.80. The van der Waals surface area contributed by atoms with Crippen LogP contribution in [0.4, 0.5) is 5.69 Å². The maximum absolute atomic E-state index is 11.2. The van der Waals surface area contributed by atoms with Crippen LogP contribution in [0.25, 0.3) is 0 Å². The van der Waals surface area contributed by atoms with Gasteiger partial charge in [-0.05, 0) is 25.5 Å². The fourth-order valence-corrected chi connectivity index (χ4v) is 1.40. The number of nitro groups is 1.